The van der Waals surface area contributed by atoms with Crippen LogP contribution in [0, 0.1) is 6.92 Å². The molecule has 1 atom stereocenters. The predicted molar refractivity (Wildman–Crippen MR) is 85.4 cm³/mol. The molecule has 1 N–H and O–H groups in total. The highest BCUT2D eigenvalue weighted by Crippen LogP contribution is 2.18. The van der Waals surface area contributed by atoms with E-state index >= 15 is 0 Å². The normalized spacial score (nSPS) is 17.3. The molecule has 0 radical (unpaired) electrons. The van der Waals surface area contributed by atoms with Gasteiger partial charge in [-0.15, -0.1) is 0 Å². The number of aliphatic carboxylic acids is 1. The number of piperazine rings is 1. The van der Waals surface area contributed by atoms with Gasteiger partial charge >= 0.3 is 5.97 Å². The van der Waals surface area contributed by atoms with Gasteiger partial charge in [-0.25, -0.2) is 0 Å². The van der Waals surface area contributed by atoms with Crippen LogP contribution in [0.1, 0.15) is 29.3 Å². The van der Waals surface area contributed by atoms with Crippen LogP contribution in [-0.2, 0) is 4.79 Å². The van der Waals surface area contributed by atoms with E-state index in [0.717, 1.165) is 5.56 Å². The van der Waals surface area contributed by atoms with Crippen LogP contribution in [-0.4, -0.2) is 59.0 Å². The molecule has 0 aliphatic carbocycles. The maximum absolute atomic E-state index is 12.6. The quantitative estimate of drug-likeness (QED) is 0.923. The zero-order valence-corrected chi connectivity index (χ0v) is 13.6. The fourth-order valence-electron chi connectivity index (χ4n) is 2.78. The molecule has 5 nitrogen and oxygen atoms in total. The number of rotatable bonds is 4. The highest BCUT2D eigenvalue weighted by Gasteiger charge is 2.26. The minimum Gasteiger partial charge on any atom is -0.481 e. The second-order valence-electron chi connectivity index (χ2n) is 5.73. The Morgan fingerprint density at radius 1 is 1.27 bits per heavy atom. The van der Waals surface area contributed by atoms with Crippen LogP contribution >= 0.6 is 11.6 Å². The van der Waals surface area contributed by atoms with Gasteiger partial charge in [-0.1, -0.05) is 11.6 Å². The van der Waals surface area contributed by atoms with Crippen molar-refractivity contribution in [1.29, 1.82) is 0 Å². The summed E-state index contributed by atoms with van der Waals surface area (Å²) in [6.07, 6.45) is 0.129. The van der Waals surface area contributed by atoms with E-state index < -0.39 is 5.97 Å². The molecule has 1 aliphatic rings. The first kappa shape index (κ1) is 16.8. The molecule has 0 spiro atoms. The molecule has 120 valence electrons. The lowest BCUT2D eigenvalue weighted by molar-refractivity contribution is -0.138. The van der Waals surface area contributed by atoms with Crippen molar-refractivity contribution in [2.75, 3.05) is 26.2 Å². The van der Waals surface area contributed by atoms with Crippen molar-refractivity contribution in [2.45, 2.75) is 26.3 Å². The van der Waals surface area contributed by atoms with Crippen molar-refractivity contribution < 1.29 is 14.7 Å². The Labute approximate surface area is 135 Å². The summed E-state index contributed by atoms with van der Waals surface area (Å²) in [5.41, 5.74) is 1.55. The average Bonchev–Trinajstić information content (AvgIpc) is 2.46. The van der Waals surface area contributed by atoms with Crippen LogP contribution in [0.15, 0.2) is 18.2 Å². The maximum atomic E-state index is 12.6. The molecule has 1 aromatic rings. The third-order valence-corrected chi connectivity index (χ3v) is 4.35. The first-order chi connectivity index (χ1) is 10.4. The van der Waals surface area contributed by atoms with Crippen molar-refractivity contribution in [3.63, 3.8) is 0 Å². The molecule has 1 fully saturated rings. The molecule has 6 heteroatoms. The van der Waals surface area contributed by atoms with E-state index in [1.165, 1.54) is 0 Å². The van der Waals surface area contributed by atoms with Crippen LogP contribution < -0.4 is 0 Å². The summed E-state index contributed by atoms with van der Waals surface area (Å²) in [7, 11) is 0. The molecule has 1 unspecified atom stereocenters. The van der Waals surface area contributed by atoms with Gasteiger partial charge in [0, 0.05) is 42.8 Å². The molecule has 0 saturated carbocycles. The van der Waals surface area contributed by atoms with E-state index in [1.807, 2.05) is 18.7 Å². The van der Waals surface area contributed by atoms with Crippen LogP contribution in [0.5, 0.6) is 0 Å². The van der Waals surface area contributed by atoms with Crippen molar-refractivity contribution in [3.05, 3.63) is 34.3 Å². The molecular weight excluding hydrogens is 304 g/mol. The van der Waals surface area contributed by atoms with Crippen LogP contribution in [0.4, 0.5) is 0 Å². The summed E-state index contributed by atoms with van der Waals surface area (Å²) in [5, 5.41) is 9.48. The SMILES string of the molecule is Cc1cc(Cl)ccc1C(=O)N1CCN(C(C)CC(=O)O)CC1. The molecule has 1 amide bonds. The standard InChI is InChI=1S/C16H21ClN2O3/c1-11-9-13(17)3-4-14(11)16(22)19-7-5-18(6-8-19)12(2)10-15(20)21/h3-4,9,12H,5-8,10H2,1-2H3,(H,20,21). The first-order valence-corrected chi connectivity index (χ1v) is 7.77. The van der Waals surface area contributed by atoms with Gasteiger partial charge in [0.2, 0.25) is 0 Å². The van der Waals surface area contributed by atoms with Gasteiger partial charge in [0.1, 0.15) is 0 Å². The summed E-state index contributed by atoms with van der Waals surface area (Å²) in [4.78, 5) is 27.3. The summed E-state index contributed by atoms with van der Waals surface area (Å²) in [6, 6.07) is 5.28. The van der Waals surface area contributed by atoms with E-state index in [4.69, 9.17) is 16.7 Å². The first-order valence-electron chi connectivity index (χ1n) is 7.39. The Hall–Kier alpha value is -1.59. The minimum absolute atomic E-state index is 0.00739. The van der Waals surface area contributed by atoms with E-state index in [0.29, 0.717) is 36.8 Å². The van der Waals surface area contributed by atoms with Gasteiger partial charge in [-0.2, -0.15) is 0 Å². The number of aryl methyl sites for hydroxylation is 1. The predicted octanol–water partition coefficient (Wildman–Crippen LogP) is 2.27. The lowest BCUT2D eigenvalue weighted by Crippen LogP contribution is -2.51. The number of amides is 1. The molecule has 0 bridgehead atoms. The number of halogens is 1. The molecule has 1 aliphatic heterocycles. The highest BCUT2D eigenvalue weighted by molar-refractivity contribution is 6.30. The third-order valence-electron chi connectivity index (χ3n) is 4.11. The fourth-order valence-corrected chi connectivity index (χ4v) is 3.01. The van der Waals surface area contributed by atoms with Gasteiger partial charge in [-0.05, 0) is 37.6 Å². The minimum atomic E-state index is -0.789. The summed E-state index contributed by atoms with van der Waals surface area (Å²) < 4.78 is 0. The fraction of sp³-hybridized carbons (Fsp3) is 0.500. The third kappa shape index (κ3) is 3.99. The zero-order chi connectivity index (χ0) is 16.3. The smallest absolute Gasteiger partial charge is 0.304 e. The topological polar surface area (TPSA) is 60.9 Å². The molecular formula is C16H21ClN2O3. The Morgan fingerprint density at radius 3 is 2.45 bits per heavy atom. The maximum Gasteiger partial charge on any atom is 0.304 e. The van der Waals surface area contributed by atoms with Crippen molar-refractivity contribution in [2.24, 2.45) is 0 Å². The van der Waals surface area contributed by atoms with Crippen molar-refractivity contribution >= 4 is 23.5 Å². The number of hydrogen-bond donors (Lipinski definition) is 1. The second kappa shape index (κ2) is 7.11. The number of carboxylic acids is 1. The molecule has 0 aromatic heterocycles. The van der Waals surface area contributed by atoms with Gasteiger partial charge in [0.25, 0.3) is 5.91 Å². The number of nitrogens with zero attached hydrogens (tertiary/aromatic N) is 2. The molecule has 1 aromatic carbocycles. The lowest BCUT2D eigenvalue weighted by atomic mass is 10.1. The Kier molecular flexibility index (Phi) is 5.42. The van der Waals surface area contributed by atoms with Gasteiger partial charge in [-0.3, -0.25) is 14.5 Å². The van der Waals surface area contributed by atoms with Crippen LogP contribution in [0.25, 0.3) is 0 Å². The Balaban J connectivity index is 1.96. The highest BCUT2D eigenvalue weighted by atomic mass is 35.5. The number of hydrogen-bond acceptors (Lipinski definition) is 3. The lowest BCUT2D eigenvalue weighted by Gasteiger charge is -2.37. The summed E-state index contributed by atoms with van der Waals surface area (Å²) in [6.45, 7) is 6.43. The largest absolute Gasteiger partial charge is 0.481 e. The molecule has 1 heterocycles. The number of carboxylic acid groups (broad SMARTS) is 1. The van der Waals surface area contributed by atoms with E-state index in [9.17, 15) is 9.59 Å². The van der Waals surface area contributed by atoms with E-state index in [1.54, 1.807) is 18.2 Å². The number of carbonyl (C=O) groups is 2. The molecule has 2 rings (SSSR count). The van der Waals surface area contributed by atoms with Crippen LogP contribution in [0.2, 0.25) is 5.02 Å². The number of benzene rings is 1. The van der Waals surface area contributed by atoms with E-state index in [2.05, 4.69) is 4.90 Å². The zero-order valence-electron chi connectivity index (χ0n) is 12.9. The Morgan fingerprint density at radius 2 is 1.91 bits per heavy atom. The van der Waals surface area contributed by atoms with Gasteiger partial charge in [0.05, 0.1) is 6.42 Å². The van der Waals surface area contributed by atoms with Gasteiger partial charge < -0.3 is 10.0 Å². The van der Waals surface area contributed by atoms with E-state index in [-0.39, 0.29) is 18.4 Å². The average molecular weight is 325 g/mol. The molecule has 1 saturated heterocycles. The summed E-state index contributed by atoms with van der Waals surface area (Å²) >= 11 is 5.92. The van der Waals surface area contributed by atoms with Crippen molar-refractivity contribution in [3.8, 4) is 0 Å². The summed E-state index contributed by atoms with van der Waals surface area (Å²) in [5.74, 6) is -0.775. The second-order valence-corrected chi connectivity index (χ2v) is 6.17. The Bertz CT molecular complexity index is 569. The number of carbonyl (C=O) groups excluding carboxylic acids is 1. The van der Waals surface area contributed by atoms with Gasteiger partial charge in [0.15, 0.2) is 0 Å². The van der Waals surface area contributed by atoms with Crippen molar-refractivity contribution in [1.82, 2.24) is 9.80 Å². The van der Waals surface area contributed by atoms with Crippen LogP contribution in [0.3, 0.4) is 0 Å². The monoisotopic (exact) mass is 324 g/mol. The molecule has 22 heavy (non-hydrogen) atoms.